The molecule has 0 radical (unpaired) electrons. The van der Waals surface area contributed by atoms with Crippen molar-refractivity contribution in [2.45, 2.75) is 18.4 Å². The van der Waals surface area contributed by atoms with E-state index in [1.54, 1.807) is 24.3 Å². The lowest BCUT2D eigenvalue weighted by molar-refractivity contribution is -0.384. The average molecular weight is 440 g/mol. The van der Waals surface area contributed by atoms with Crippen molar-refractivity contribution >= 4 is 21.4 Å². The lowest BCUT2D eigenvalue weighted by Crippen LogP contribution is -2.30. The summed E-state index contributed by atoms with van der Waals surface area (Å²) in [5.41, 5.74) is 1.83. The van der Waals surface area contributed by atoms with Gasteiger partial charge < -0.3 is 9.47 Å². The van der Waals surface area contributed by atoms with E-state index in [2.05, 4.69) is 0 Å². The Hall–Kier alpha value is -3.59. The number of nitro benzene ring substituents is 1. The van der Waals surface area contributed by atoms with Crippen LogP contribution in [0.1, 0.15) is 11.1 Å². The Balaban J connectivity index is 1.77. The second-order valence-electron chi connectivity index (χ2n) is 7.08. The number of anilines is 1. The van der Waals surface area contributed by atoms with Crippen molar-refractivity contribution in [1.82, 2.24) is 0 Å². The molecule has 0 aliphatic carbocycles. The predicted molar refractivity (Wildman–Crippen MR) is 115 cm³/mol. The molecule has 0 N–H and O–H groups in total. The van der Waals surface area contributed by atoms with Gasteiger partial charge in [0, 0.05) is 18.2 Å². The van der Waals surface area contributed by atoms with Gasteiger partial charge in [0.2, 0.25) is 0 Å². The molecule has 9 heteroatoms. The van der Waals surface area contributed by atoms with Crippen molar-refractivity contribution in [3.8, 4) is 11.5 Å². The molecule has 8 nitrogen and oxygen atoms in total. The highest BCUT2D eigenvalue weighted by atomic mass is 32.2. The Morgan fingerprint density at radius 2 is 1.68 bits per heavy atom. The number of rotatable bonds is 6. The molecule has 0 saturated heterocycles. The Kier molecular flexibility index (Phi) is 5.51. The van der Waals surface area contributed by atoms with Crippen LogP contribution in [0.25, 0.3) is 0 Å². The zero-order chi connectivity index (χ0) is 22.0. The summed E-state index contributed by atoms with van der Waals surface area (Å²) in [5, 5.41) is 11.1. The van der Waals surface area contributed by atoms with Gasteiger partial charge in [-0.25, -0.2) is 8.42 Å². The van der Waals surface area contributed by atoms with E-state index < -0.39 is 14.9 Å². The second-order valence-corrected chi connectivity index (χ2v) is 8.94. The van der Waals surface area contributed by atoms with Crippen LogP contribution < -0.4 is 13.8 Å². The first kappa shape index (κ1) is 20.7. The molecule has 160 valence electrons. The maximum absolute atomic E-state index is 13.6. The normalized spacial score (nSPS) is 12.9. The van der Waals surface area contributed by atoms with Crippen LogP contribution in [0.15, 0.2) is 71.6 Å². The molecule has 0 bridgehead atoms. The Morgan fingerprint density at radius 3 is 2.39 bits per heavy atom. The SMILES string of the molecule is Cc1ccc(N(Cc2cccc([N+](=O)[O-])c2)S(=O)(=O)c2ccc3c(c2)OCCO3)cc1. The van der Waals surface area contributed by atoms with Crippen molar-refractivity contribution in [3.63, 3.8) is 0 Å². The summed E-state index contributed by atoms with van der Waals surface area (Å²) in [6.45, 7) is 2.58. The quantitative estimate of drug-likeness (QED) is 0.423. The summed E-state index contributed by atoms with van der Waals surface area (Å²) >= 11 is 0. The number of ether oxygens (including phenoxy) is 2. The Labute approximate surface area is 179 Å². The van der Waals surface area contributed by atoms with E-state index in [0.29, 0.717) is 36.0 Å². The minimum Gasteiger partial charge on any atom is -0.486 e. The number of non-ortho nitro benzene ring substituents is 1. The highest BCUT2D eigenvalue weighted by Crippen LogP contribution is 2.35. The number of sulfonamides is 1. The minimum atomic E-state index is -4.00. The number of hydrogen-bond donors (Lipinski definition) is 0. The predicted octanol–water partition coefficient (Wildman–Crippen LogP) is 4.07. The molecule has 0 aromatic heterocycles. The van der Waals surface area contributed by atoms with Gasteiger partial charge in [0.05, 0.1) is 22.1 Å². The van der Waals surface area contributed by atoms with Gasteiger partial charge in [-0.2, -0.15) is 0 Å². The topological polar surface area (TPSA) is 99.0 Å². The van der Waals surface area contributed by atoms with Crippen LogP contribution in [-0.4, -0.2) is 26.6 Å². The van der Waals surface area contributed by atoms with Gasteiger partial charge in [0.25, 0.3) is 15.7 Å². The zero-order valence-corrected chi connectivity index (χ0v) is 17.5. The maximum Gasteiger partial charge on any atom is 0.269 e. The fourth-order valence-electron chi connectivity index (χ4n) is 3.27. The first-order valence-electron chi connectivity index (χ1n) is 9.57. The first-order chi connectivity index (χ1) is 14.8. The monoisotopic (exact) mass is 440 g/mol. The van der Waals surface area contributed by atoms with Gasteiger partial charge in [-0.1, -0.05) is 29.8 Å². The largest absolute Gasteiger partial charge is 0.486 e. The van der Waals surface area contributed by atoms with E-state index in [-0.39, 0.29) is 17.1 Å². The molecule has 0 fully saturated rings. The number of benzene rings is 3. The van der Waals surface area contributed by atoms with Gasteiger partial charge in [-0.05, 0) is 36.8 Å². The van der Waals surface area contributed by atoms with Gasteiger partial charge in [0.15, 0.2) is 11.5 Å². The van der Waals surface area contributed by atoms with Crippen molar-refractivity contribution in [1.29, 1.82) is 0 Å². The van der Waals surface area contributed by atoms with Crippen LogP contribution in [0.2, 0.25) is 0 Å². The van der Waals surface area contributed by atoms with Crippen LogP contribution in [-0.2, 0) is 16.6 Å². The number of aryl methyl sites for hydroxylation is 1. The number of nitro groups is 1. The van der Waals surface area contributed by atoms with Crippen LogP contribution in [0.3, 0.4) is 0 Å². The summed E-state index contributed by atoms with van der Waals surface area (Å²) in [6.07, 6.45) is 0. The lowest BCUT2D eigenvalue weighted by atomic mass is 10.2. The van der Waals surface area contributed by atoms with Crippen LogP contribution in [0.5, 0.6) is 11.5 Å². The van der Waals surface area contributed by atoms with E-state index in [4.69, 9.17) is 9.47 Å². The van der Waals surface area contributed by atoms with E-state index in [1.165, 1.54) is 34.6 Å². The van der Waals surface area contributed by atoms with Gasteiger partial charge in [-0.3, -0.25) is 14.4 Å². The molecule has 0 atom stereocenters. The fourth-order valence-corrected chi connectivity index (χ4v) is 4.74. The smallest absolute Gasteiger partial charge is 0.269 e. The van der Waals surface area contributed by atoms with Crippen LogP contribution in [0.4, 0.5) is 11.4 Å². The molecule has 4 rings (SSSR count). The summed E-state index contributed by atoms with van der Waals surface area (Å²) in [7, 11) is -4.00. The summed E-state index contributed by atoms with van der Waals surface area (Å²) in [4.78, 5) is 10.7. The fraction of sp³-hybridized carbons (Fsp3) is 0.182. The molecular formula is C22H20N2O6S. The summed E-state index contributed by atoms with van der Waals surface area (Å²) < 4.78 is 39.5. The molecular weight excluding hydrogens is 420 g/mol. The van der Waals surface area contributed by atoms with E-state index in [0.717, 1.165) is 5.56 Å². The zero-order valence-electron chi connectivity index (χ0n) is 16.7. The molecule has 0 unspecified atom stereocenters. The van der Waals surface area contributed by atoms with E-state index >= 15 is 0 Å². The second kappa shape index (κ2) is 8.27. The maximum atomic E-state index is 13.6. The summed E-state index contributed by atoms with van der Waals surface area (Å²) in [6, 6.07) is 17.5. The van der Waals surface area contributed by atoms with Gasteiger partial charge in [-0.15, -0.1) is 0 Å². The molecule has 1 heterocycles. The third-order valence-electron chi connectivity index (χ3n) is 4.87. The molecule has 1 aliphatic rings. The molecule has 0 amide bonds. The Bertz CT molecular complexity index is 1230. The number of nitrogens with zero attached hydrogens (tertiary/aromatic N) is 2. The molecule has 3 aromatic rings. The van der Waals surface area contributed by atoms with Gasteiger partial charge in [0.1, 0.15) is 13.2 Å². The molecule has 31 heavy (non-hydrogen) atoms. The van der Waals surface area contributed by atoms with E-state index in [1.807, 2.05) is 19.1 Å². The molecule has 0 spiro atoms. The number of fused-ring (bicyclic) bond motifs is 1. The van der Waals surface area contributed by atoms with Crippen molar-refractivity contribution in [2.75, 3.05) is 17.5 Å². The van der Waals surface area contributed by atoms with Crippen molar-refractivity contribution < 1.29 is 22.8 Å². The third kappa shape index (κ3) is 4.31. The standard InChI is InChI=1S/C22H20N2O6S/c1-16-5-7-18(8-6-16)23(15-17-3-2-4-19(13-17)24(25)26)31(27,28)20-9-10-21-22(14-20)30-12-11-29-21/h2-10,13-14H,11-12,15H2,1H3. The number of hydrogen-bond acceptors (Lipinski definition) is 6. The molecule has 3 aromatic carbocycles. The van der Waals surface area contributed by atoms with Crippen molar-refractivity contribution in [3.05, 3.63) is 88.0 Å². The summed E-state index contributed by atoms with van der Waals surface area (Å²) in [5.74, 6) is 0.859. The average Bonchev–Trinajstić information content (AvgIpc) is 2.78. The Morgan fingerprint density at radius 1 is 0.968 bits per heavy atom. The van der Waals surface area contributed by atoms with Crippen molar-refractivity contribution in [2.24, 2.45) is 0 Å². The lowest BCUT2D eigenvalue weighted by Gasteiger charge is -2.26. The minimum absolute atomic E-state index is 0.0442. The first-order valence-corrected chi connectivity index (χ1v) is 11.0. The van der Waals surface area contributed by atoms with E-state index in [9.17, 15) is 18.5 Å². The third-order valence-corrected chi connectivity index (χ3v) is 6.64. The highest BCUT2D eigenvalue weighted by Gasteiger charge is 2.27. The highest BCUT2D eigenvalue weighted by molar-refractivity contribution is 7.92. The molecule has 0 saturated carbocycles. The van der Waals surface area contributed by atoms with Gasteiger partial charge >= 0.3 is 0 Å². The van der Waals surface area contributed by atoms with Crippen LogP contribution >= 0.6 is 0 Å². The van der Waals surface area contributed by atoms with Crippen LogP contribution in [0, 0.1) is 17.0 Å². The molecule has 1 aliphatic heterocycles.